The zero-order valence-electron chi connectivity index (χ0n) is 15.9. The van der Waals surface area contributed by atoms with Crippen molar-refractivity contribution < 1.29 is 24.0 Å². The van der Waals surface area contributed by atoms with E-state index < -0.39 is 22.8 Å². The van der Waals surface area contributed by atoms with E-state index in [0.29, 0.717) is 31.7 Å². The van der Waals surface area contributed by atoms with Crippen LogP contribution in [-0.2, 0) is 19.1 Å². The van der Waals surface area contributed by atoms with Gasteiger partial charge in [0.05, 0.1) is 35.6 Å². The highest BCUT2D eigenvalue weighted by atomic mass is 16.6. The van der Waals surface area contributed by atoms with Crippen LogP contribution in [0.3, 0.4) is 0 Å². The van der Waals surface area contributed by atoms with E-state index >= 15 is 0 Å². The third-order valence-corrected chi connectivity index (χ3v) is 5.28. The number of aryl methyl sites for hydroxylation is 1. The van der Waals surface area contributed by atoms with E-state index in [4.69, 9.17) is 4.74 Å². The second-order valence-corrected chi connectivity index (χ2v) is 7.10. The molecule has 28 heavy (non-hydrogen) atoms. The van der Waals surface area contributed by atoms with Gasteiger partial charge in [0.15, 0.2) is 0 Å². The van der Waals surface area contributed by atoms with Gasteiger partial charge in [0.2, 0.25) is 5.91 Å². The largest absolute Gasteiger partial charge is 0.466 e. The predicted octanol–water partition coefficient (Wildman–Crippen LogP) is 1.81. The summed E-state index contributed by atoms with van der Waals surface area (Å²) in [6, 6.07) is 3.66. The molecule has 2 amide bonds. The lowest BCUT2D eigenvalue weighted by molar-refractivity contribution is -0.385. The summed E-state index contributed by atoms with van der Waals surface area (Å²) in [6.45, 7) is 4.62. The molecule has 150 valence electrons. The van der Waals surface area contributed by atoms with E-state index in [2.05, 4.69) is 0 Å². The van der Waals surface area contributed by atoms with Crippen molar-refractivity contribution in [2.24, 2.45) is 5.92 Å². The average molecular weight is 389 g/mol. The highest BCUT2D eigenvalue weighted by Crippen LogP contribution is 2.31. The van der Waals surface area contributed by atoms with E-state index in [0.717, 1.165) is 11.3 Å². The lowest BCUT2D eigenvalue weighted by atomic mass is 9.96. The van der Waals surface area contributed by atoms with E-state index in [9.17, 15) is 24.5 Å². The Morgan fingerprint density at radius 3 is 2.79 bits per heavy atom. The molecule has 2 saturated heterocycles. The fourth-order valence-corrected chi connectivity index (χ4v) is 3.85. The van der Waals surface area contributed by atoms with Crippen molar-refractivity contribution in [2.45, 2.75) is 39.2 Å². The fraction of sp³-hybridized carbons (Fsp3) is 0.526. The first-order valence-electron chi connectivity index (χ1n) is 9.36. The van der Waals surface area contributed by atoms with Crippen molar-refractivity contribution in [3.8, 4) is 0 Å². The molecule has 0 radical (unpaired) electrons. The van der Waals surface area contributed by atoms with Crippen LogP contribution < -0.4 is 4.90 Å². The summed E-state index contributed by atoms with van der Waals surface area (Å²) in [5.74, 6) is -1.40. The normalized spacial score (nSPS) is 23.1. The molecule has 2 atom stereocenters. The van der Waals surface area contributed by atoms with E-state index in [1.165, 1.54) is 18.2 Å². The maximum absolute atomic E-state index is 13.0. The number of imide groups is 1. The predicted molar refractivity (Wildman–Crippen MR) is 99.7 cm³/mol. The number of carbonyl (C=O) groups excluding carboxylic acids is 3. The molecule has 2 fully saturated rings. The minimum absolute atomic E-state index is 0.00392. The van der Waals surface area contributed by atoms with Crippen LogP contribution in [0.25, 0.3) is 0 Å². The first kappa shape index (κ1) is 19.9. The van der Waals surface area contributed by atoms with Gasteiger partial charge < -0.3 is 4.74 Å². The second kappa shape index (κ2) is 8.05. The molecule has 2 aliphatic heterocycles. The molecule has 9 nitrogen and oxygen atoms in total. The number of esters is 1. The van der Waals surface area contributed by atoms with Crippen LogP contribution in [0.5, 0.6) is 0 Å². The zero-order chi connectivity index (χ0) is 20.4. The number of rotatable bonds is 5. The number of nitrogens with zero attached hydrogens (tertiary/aromatic N) is 3. The number of likely N-dealkylation sites (tertiary alicyclic amines) is 1. The van der Waals surface area contributed by atoms with E-state index in [1.54, 1.807) is 13.8 Å². The fourth-order valence-electron chi connectivity index (χ4n) is 3.85. The number of amides is 2. The Labute approximate surface area is 162 Å². The Hall–Kier alpha value is -2.81. The van der Waals surface area contributed by atoms with Gasteiger partial charge in [-0.3, -0.25) is 29.4 Å². The molecular weight excluding hydrogens is 366 g/mol. The SMILES string of the molecule is CCOC(=O)C1CCCN(C2CC(=O)N(c3ccc(C)c([N+](=O)[O-])c3)C2=O)C1. The number of piperidine rings is 1. The van der Waals surface area contributed by atoms with Gasteiger partial charge in [-0.15, -0.1) is 0 Å². The van der Waals surface area contributed by atoms with E-state index in [1.807, 2.05) is 4.90 Å². The summed E-state index contributed by atoms with van der Waals surface area (Å²) >= 11 is 0. The quantitative estimate of drug-likeness (QED) is 0.327. The highest BCUT2D eigenvalue weighted by Gasteiger charge is 2.44. The Kier molecular flexibility index (Phi) is 5.73. The number of anilines is 1. The Morgan fingerprint density at radius 1 is 1.36 bits per heavy atom. The molecular formula is C19H23N3O6. The Morgan fingerprint density at radius 2 is 2.11 bits per heavy atom. The molecule has 0 saturated carbocycles. The van der Waals surface area contributed by atoms with Gasteiger partial charge in [-0.1, -0.05) is 6.07 Å². The standard InChI is InChI=1S/C19H23N3O6/c1-3-28-19(25)13-5-4-8-20(11-13)16-10-17(23)21(18(16)24)14-7-6-12(2)15(9-14)22(26)27/h6-7,9,13,16H,3-5,8,10-11H2,1-2H3. The lowest BCUT2D eigenvalue weighted by Crippen LogP contribution is -2.48. The van der Waals surface area contributed by atoms with Crippen LogP contribution in [0.1, 0.15) is 31.7 Å². The maximum atomic E-state index is 13.0. The number of ether oxygens (including phenoxy) is 1. The van der Waals surface area contributed by atoms with Crippen molar-refractivity contribution in [1.82, 2.24) is 4.90 Å². The van der Waals surface area contributed by atoms with Crippen molar-refractivity contribution in [3.63, 3.8) is 0 Å². The summed E-state index contributed by atoms with van der Waals surface area (Å²) < 4.78 is 5.09. The molecule has 2 unspecified atom stereocenters. The summed E-state index contributed by atoms with van der Waals surface area (Å²) in [7, 11) is 0. The molecule has 3 rings (SSSR count). The van der Waals surface area contributed by atoms with Crippen molar-refractivity contribution >= 4 is 29.2 Å². The molecule has 2 aliphatic rings. The summed E-state index contributed by atoms with van der Waals surface area (Å²) in [5, 5.41) is 11.2. The molecule has 0 spiro atoms. The number of hydrogen-bond donors (Lipinski definition) is 0. The van der Waals surface area contributed by atoms with Crippen molar-refractivity contribution in [2.75, 3.05) is 24.6 Å². The summed E-state index contributed by atoms with van der Waals surface area (Å²) in [5.41, 5.74) is 0.522. The topological polar surface area (TPSA) is 110 Å². The molecule has 9 heteroatoms. The van der Waals surface area contributed by atoms with Gasteiger partial charge in [0.25, 0.3) is 11.6 Å². The first-order chi connectivity index (χ1) is 13.3. The monoisotopic (exact) mass is 389 g/mol. The number of nitro groups is 1. The third kappa shape index (κ3) is 3.75. The van der Waals surface area contributed by atoms with Gasteiger partial charge >= 0.3 is 5.97 Å². The van der Waals surface area contributed by atoms with Crippen LogP contribution in [-0.4, -0.2) is 53.3 Å². The average Bonchev–Trinajstić information content (AvgIpc) is 2.97. The van der Waals surface area contributed by atoms with Crippen LogP contribution in [0.4, 0.5) is 11.4 Å². The molecule has 0 bridgehead atoms. The lowest BCUT2D eigenvalue weighted by Gasteiger charge is -2.34. The van der Waals surface area contributed by atoms with Crippen LogP contribution in [0.2, 0.25) is 0 Å². The van der Waals surface area contributed by atoms with Crippen LogP contribution in [0.15, 0.2) is 18.2 Å². The smallest absolute Gasteiger partial charge is 0.310 e. The number of nitro benzene ring substituents is 1. The van der Waals surface area contributed by atoms with E-state index in [-0.39, 0.29) is 29.7 Å². The molecule has 1 aromatic rings. The number of benzene rings is 1. The molecule has 0 N–H and O–H groups in total. The molecule has 0 aliphatic carbocycles. The van der Waals surface area contributed by atoms with Crippen molar-refractivity contribution in [3.05, 3.63) is 33.9 Å². The molecule has 2 heterocycles. The van der Waals surface area contributed by atoms with Gasteiger partial charge in [-0.05, 0) is 39.3 Å². The zero-order valence-corrected chi connectivity index (χ0v) is 15.9. The van der Waals surface area contributed by atoms with Gasteiger partial charge in [-0.2, -0.15) is 0 Å². The molecule has 0 aromatic heterocycles. The minimum atomic E-state index is -0.662. The van der Waals surface area contributed by atoms with Gasteiger partial charge in [0.1, 0.15) is 0 Å². The summed E-state index contributed by atoms with van der Waals surface area (Å²) in [6.07, 6.45) is 1.42. The first-order valence-corrected chi connectivity index (χ1v) is 9.36. The number of carbonyl (C=O) groups is 3. The van der Waals surface area contributed by atoms with Gasteiger partial charge in [-0.25, -0.2) is 4.90 Å². The number of hydrogen-bond acceptors (Lipinski definition) is 7. The minimum Gasteiger partial charge on any atom is -0.466 e. The third-order valence-electron chi connectivity index (χ3n) is 5.28. The van der Waals surface area contributed by atoms with Crippen LogP contribution >= 0.6 is 0 Å². The molecule has 1 aromatic carbocycles. The van der Waals surface area contributed by atoms with Crippen molar-refractivity contribution in [1.29, 1.82) is 0 Å². The van der Waals surface area contributed by atoms with Crippen LogP contribution in [0, 0.1) is 23.0 Å². The second-order valence-electron chi connectivity index (χ2n) is 7.10. The maximum Gasteiger partial charge on any atom is 0.310 e. The highest BCUT2D eigenvalue weighted by molar-refractivity contribution is 6.22. The summed E-state index contributed by atoms with van der Waals surface area (Å²) in [4.78, 5) is 51.1. The van der Waals surface area contributed by atoms with Gasteiger partial charge in [0, 0.05) is 18.2 Å². The Bertz CT molecular complexity index is 824. The Balaban J connectivity index is 1.79.